The molecule has 0 aliphatic rings. The highest BCUT2D eigenvalue weighted by atomic mass is 16.6. The second-order valence-electron chi connectivity index (χ2n) is 5.10. The number of nitrogens with zero attached hydrogens (tertiary/aromatic N) is 1. The molecular weight excluding hydrogens is 248 g/mol. The number of carboxylic acids is 1. The number of hydrogen-bond acceptors (Lipinski definition) is 4. The first-order valence-electron chi connectivity index (χ1n) is 5.92. The summed E-state index contributed by atoms with van der Waals surface area (Å²) in [6, 6.07) is 1.68. The minimum atomic E-state index is -0.870. The molecule has 0 bridgehead atoms. The molecule has 1 aromatic rings. The third-order valence-corrected chi connectivity index (χ3v) is 2.07. The Morgan fingerprint density at radius 2 is 2.05 bits per heavy atom. The summed E-state index contributed by atoms with van der Waals surface area (Å²) in [5, 5.41) is 11.2. The Bertz CT molecular complexity index is 466. The minimum Gasteiger partial charge on any atom is -0.481 e. The van der Waals surface area contributed by atoms with E-state index in [1.807, 2.05) is 0 Å². The lowest BCUT2D eigenvalue weighted by Gasteiger charge is -2.19. The lowest BCUT2D eigenvalue weighted by molar-refractivity contribution is -0.136. The van der Waals surface area contributed by atoms with Gasteiger partial charge in [0, 0.05) is 12.6 Å². The van der Waals surface area contributed by atoms with E-state index >= 15 is 0 Å². The lowest BCUT2D eigenvalue weighted by atomic mass is 10.1. The number of pyridine rings is 1. The standard InChI is InChI=1S/C13H18N2O4/c1-13(2,3)19-12(18)15-10-6-9(7-14-8-10)4-5-11(16)17/h6-8H,4-5H2,1-3H3,(H,15,18)(H,16,17). The summed E-state index contributed by atoms with van der Waals surface area (Å²) in [7, 11) is 0. The Hall–Kier alpha value is -2.11. The molecule has 6 heteroatoms. The predicted octanol–water partition coefficient (Wildman–Crippen LogP) is 2.45. The molecule has 0 spiro atoms. The number of ether oxygens (including phenoxy) is 1. The zero-order chi connectivity index (χ0) is 14.5. The zero-order valence-corrected chi connectivity index (χ0v) is 11.3. The Morgan fingerprint density at radius 3 is 2.63 bits per heavy atom. The fourth-order valence-corrected chi connectivity index (χ4v) is 1.37. The van der Waals surface area contributed by atoms with Crippen molar-refractivity contribution in [1.29, 1.82) is 0 Å². The molecule has 2 N–H and O–H groups in total. The number of carbonyl (C=O) groups is 2. The van der Waals surface area contributed by atoms with Crippen molar-refractivity contribution in [3.05, 3.63) is 24.0 Å². The quantitative estimate of drug-likeness (QED) is 0.873. The maximum Gasteiger partial charge on any atom is 0.412 e. The van der Waals surface area contributed by atoms with Crippen LogP contribution in [0.1, 0.15) is 32.8 Å². The van der Waals surface area contributed by atoms with Gasteiger partial charge in [-0.3, -0.25) is 15.1 Å². The Labute approximate surface area is 111 Å². The van der Waals surface area contributed by atoms with Crippen molar-refractivity contribution < 1.29 is 19.4 Å². The molecule has 104 valence electrons. The van der Waals surface area contributed by atoms with Crippen molar-refractivity contribution in [2.75, 3.05) is 5.32 Å². The molecule has 0 aromatic carbocycles. The number of hydrogen-bond donors (Lipinski definition) is 2. The number of aromatic nitrogens is 1. The minimum absolute atomic E-state index is 0.0254. The molecule has 1 aromatic heterocycles. The number of anilines is 1. The topological polar surface area (TPSA) is 88.5 Å². The molecule has 0 saturated heterocycles. The highest BCUT2D eigenvalue weighted by molar-refractivity contribution is 5.84. The van der Waals surface area contributed by atoms with Crippen LogP contribution < -0.4 is 5.32 Å². The van der Waals surface area contributed by atoms with E-state index in [1.54, 1.807) is 33.0 Å². The maximum atomic E-state index is 11.6. The smallest absolute Gasteiger partial charge is 0.412 e. The third-order valence-electron chi connectivity index (χ3n) is 2.07. The normalized spacial score (nSPS) is 10.9. The summed E-state index contributed by atoms with van der Waals surface area (Å²) >= 11 is 0. The Morgan fingerprint density at radius 1 is 1.37 bits per heavy atom. The molecular formula is C13H18N2O4. The SMILES string of the molecule is CC(C)(C)OC(=O)Nc1cncc(CCC(=O)O)c1. The first-order chi connectivity index (χ1) is 8.76. The molecule has 0 atom stereocenters. The molecule has 0 radical (unpaired) electrons. The number of rotatable bonds is 4. The van der Waals surface area contributed by atoms with Gasteiger partial charge in [0.25, 0.3) is 0 Å². The molecule has 1 heterocycles. The predicted molar refractivity (Wildman–Crippen MR) is 70.1 cm³/mol. The van der Waals surface area contributed by atoms with Crippen molar-refractivity contribution in [3.63, 3.8) is 0 Å². The van der Waals surface area contributed by atoms with Crippen molar-refractivity contribution in [2.45, 2.75) is 39.2 Å². The van der Waals surface area contributed by atoms with Crippen LogP contribution in [0.15, 0.2) is 18.5 Å². The summed E-state index contributed by atoms with van der Waals surface area (Å²) in [6.45, 7) is 5.32. The average molecular weight is 266 g/mol. The molecule has 0 aliphatic heterocycles. The van der Waals surface area contributed by atoms with E-state index < -0.39 is 17.7 Å². The fraction of sp³-hybridized carbons (Fsp3) is 0.462. The Balaban J connectivity index is 2.61. The van der Waals surface area contributed by atoms with Crippen molar-refractivity contribution in [1.82, 2.24) is 4.98 Å². The van der Waals surface area contributed by atoms with E-state index in [2.05, 4.69) is 10.3 Å². The first kappa shape index (κ1) is 14.9. The summed E-state index contributed by atoms with van der Waals surface area (Å²) in [4.78, 5) is 26.0. The van der Waals surface area contributed by atoms with Crippen LogP contribution in [0.2, 0.25) is 0 Å². The van der Waals surface area contributed by atoms with Crippen LogP contribution in [-0.2, 0) is 16.0 Å². The molecule has 0 unspecified atom stereocenters. The van der Waals surface area contributed by atoms with Gasteiger partial charge in [-0.2, -0.15) is 0 Å². The number of carboxylic acid groups (broad SMARTS) is 1. The number of amides is 1. The van der Waals surface area contributed by atoms with E-state index in [9.17, 15) is 9.59 Å². The van der Waals surface area contributed by atoms with Crippen LogP contribution in [0, 0.1) is 0 Å². The molecule has 0 fully saturated rings. The molecule has 1 rings (SSSR count). The van der Waals surface area contributed by atoms with Gasteiger partial charge in [-0.25, -0.2) is 4.79 Å². The molecule has 1 amide bonds. The zero-order valence-electron chi connectivity index (χ0n) is 11.3. The van der Waals surface area contributed by atoms with Gasteiger partial charge < -0.3 is 9.84 Å². The van der Waals surface area contributed by atoms with E-state index in [0.717, 1.165) is 5.56 Å². The number of nitrogens with one attached hydrogen (secondary N) is 1. The summed E-state index contributed by atoms with van der Waals surface area (Å²) < 4.78 is 5.11. The van der Waals surface area contributed by atoms with Gasteiger partial charge in [-0.05, 0) is 38.8 Å². The summed E-state index contributed by atoms with van der Waals surface area (Å²) in [6.07, 6.45) is 2.88. The van der Waals surface area contributed by atoms with E-state index in [1.165, 1.54) is 6.20 Å². The highest BCUT2D eigenvalue weighted by Crippen LogP contribution is 2.13. The van der Waals surface area contributed by atoms with Crippen molar-refractivity contribution >= 4 is 17.7 Å². The Kier molecular flexibility index (Phi) is 4.86. The number of carbonyl (C=O) groups excluding carboxylic acids is 1. The van der Waals surface area contributed by atoms with Crippen LogP contribution >= 0.6 is 0 Å². The van der Waals surface area contributed by atoms with E-state index in [-0.39, 0.29) is 6.42 Å². The van der Waals surface area contributed by atoms with E-state index in [0.29, 0.717) is 12.1 Å². The van der Waals surface area contributed by atoms with Gasteiger partial charge >= 0.3 is 12.1 Å². The van der Waals surface area contributed by atoms with Crippen LogP contribution in [0.25, 0.3) is 0 Å². The van der Waals surface area contributed by atoms with Crippen LogP contribution in [0.5, 0.6) is 0 Å². The molecule has 0 saturated carbocycles. The van der Waals surface area contributed by atoms with Crippen molar-refractivity contribution in [2.24, 2.45) is 0 Å². The van der Waals surface area contributed by atoms with Gasteiger partial charge in [-0.1, -0.05) is 0 Å². The summed E-state index contributed by atoms with van der Waals surface area (Å²) in [5.41, 5.74) is 0.659. The molecule has 0 aliphatic carbocycles. The van der Waals surface area contributed by atoms with E-state index in [4.69, 9.17) is 9.84 Å². The second-order valence-corrected chi connectivity index (χ2v) is 5.10. The lowest BCUT2D eigenvalue weighted by Crippen LogP contribution is -2.27. The van der Waals surface area contributed by atoms with Gasteiger partial charge in [0.15, 0.2) is 0 Å². The third kappa shape index (κ3) is 6.40. The largest absolute Gasteiger partial charge is 0.481 e. The van der Waals surface area contributed by atoms with Crippen LogP contribution in [0.3, 0.4) is 0 Å². The van der Waals surface area contributed by atoms with Crippen molar-refractivity contribution in [3.8, 4) is 0 Å². The van der Waals surface area contributed by atoms with Gasteiger partial charge in [-0.15, -0.1) is 0 Å². The maximum absolute atomic E-state index is 11.6. The highest BCUT2D eigenvalue weighted by Gasteiger charge is 2.16. The number of aryl methyl sites for hydroxylation is 1. The molecule has 19 heavy (non-hydrogen) atoms. The number of aliphatic carboxylic acids is 1. The monoisotopic (exact) mass is 266 g/mol. The van der Waals surface area contributed by atoms with Gasteiger partial charge in [0.05, 0.1) is 11.9 Å². The van der Waals surface area contributed by atoms with Gasteiger partial charge in [0.1, 0.15) is 5.60 Å². The molecule has 6 nitrogen and oxygen atoms in total. The van der Waals surface area contributed by atoms with Gasteiger partial charge in [0.2, 0.25) is 0 Å². The fourth-order valence-electron chi connectivity index (χ4n) is 1.37. The average Bonchev–Trinajstić information content (AvgIpc) is 2.24. The van der Waals surface area contributed by atoms with Crippen LogP contribution in [-0.4, -0.2) is 27.8 Å². The summed E-state index contributed by atoms with van der Waals surface area (Å²) in [5.74, 6) is -0.870. The van der Waals surface area contributed by atoms with Crippen LogP contribution in [0.4, 0.5) is 10.5 Å². The first-order valence-corrected chi connectivity index (χ1v) is 5.92. The second kappa shape index (κ2) is 6.17.